The van der Waals surface area contributed by atoms with Gasteiger partial charge in [0.1, 0.15) is 0 Å². The number of aliphatic carboxylic acids is 1. The molecule has 0 radical (unpaired) electrons. The lowest BCUT2D eigenvalue weighted by Gasteiger charge is -2.05. The Morgan fingerprint density at radius 3 is 2.68 bits per heavy atom. The predicted molar refractivity (Wildman–Crippen MR) is 69.1 cm³/mol. The summed E-state index contributed by atoms with van der Waals surface area (Å²) in [5, 5.41) is 19.9. The van der Waals surface area contributed by atoms with Gasteiger partial charge >= 0.3 is 5.97 Å². The van der Waals surface area contributed by atoms with Crippen LogP contribution in [0, 0.1) is 11.3 Å². The highest BCUT2D eigenvalue weighted by Gasteiger charge is 2.03. The number of benzene rings is 1. The maximum Gasteiger partial charge on any atom is 0.303 e. The number of hydrogen-bond acceptors (Lipinski definition) is 3. The third kappa shape index (κ3) is 6.22. The van der Waals surface area contributed by atoms with Crippen LogP contribution >= 0.6 is 0 Å². The molecule has 1 amide bonds. The van der Waals surface area contributed by atoms with Gasteiger partial charge in [-0.15, -0.1) is 0 Å². The summed E-state index contributed by atoms with van der Waals surface area (Å²) >= 11 is 0. The zero-order valence-electron chi connectivity index (χ0n) is 10.6. The van der Waals surface area contributed by atoms with E-state index in [1.807, 2.05) is 12.1 Å². The first kappa shape index (κ1) is 14.7. The van der Waals surface area contributed by atoms with Crippen molar-refractivity contribution in [3.63, 3.8) is 0 Å². The van der Waals surface area contributed by atoms with Crippen molar-refractivity contribution in [2.45, 2.75) is 32.2 Å². The lowest BCUT2D eigenvalue weighted by atomic mass is 10.1. The second-order valence-corrected chi connectivity index (χ2v) is 4.19. The maximum atomic E-state index is 11.5. The van der Waals surface area contributed by atoms with Crippen molar-refractivity contribution < 1.29 is 14.7 Å². The highest BCUT2D eigenvalue weighted by atomic mass is 16.4. The van der Waals surface area contributed by atoms with E-state index in [2.05, 4.69) is 5.32 Å². The van der Waals surface area contributed by atoms with Crippen LogP contribution < -0.4 is 5.32 Å². The molecule has 0 saturated heterocycles. The van der Waals surface area contributed by atoms with Gasteiger partial charge in [0.25, 0.3) is 0 Å². The zero-order valence-corrected chi connectivity index (χ0v) is 10.6. The second-order valence-electron chi connectivity index (χ2n) is 4.19. The first-order valence-corrected chi connectivity index (χ1v) is 6.09. The van der Waals surface area contributed by atoms with Crippen molar-refractivity contribution in [3.8, 4) is 6.07 Å². The Labute approximate surface area is 111 Å². The number of carbonyl (C=O) groups excluding carboxylic acids is 1. The molecule has 0 unspecified atom stereocenters. The van der Waals surface area contributed by atoms with Gasteiger partial charge in [-0.05, 0) is 30.5 Å². The molecule has 5 heteroatoms. The van der Waals surface area contributed by atoms with E-state index in [9.17, 15) is 9.59 Å². The fourth-order valence-electron chi connectivity index (χ4n) is 1.60. The molecule has 19 heavy (non-hydrogen) atoms. The third-order valence-corrected chi connectivity index (χ3v) is 2.59. The van der Waals surface area contributed by atoms with Crippen LogP contribution in [0.2, 0.25) is 0 Å². The van der Waals surface area contributed by atoms with E-state index < -0.39 is 5.97 Å². The minimum atomic E-state index is -0.839. The monoisotopic (exact) mass is 260 g/mol. The van der Waals surface area contributed by atoms with Crippen molar-refractivity contribution in [2.75, 3.05) is 0 Å². The quantitative estimate of drug-likeness (QED) is 0.732. The Kier molecular flexibility index (Phi) is 6.10. The van der Waals surface area contributed by atoms with E-state index in [-0.39, 0.29) is 12.3 Å². The number of carbonyl (C=O) groups is 2. The first-order valence-electron chi connectivity index (χ1n) is 6.09. The summed E-state index contributed by atoms with van der Waals surface area (Å²) in [6.07, 6.45) is 1.49. The number of unbranched alkanes of at least 4 members (excludes halogenated alkanes) is 1. The third-order valence-electron chi connectivity index (χ3n) is 2.59. The van der Waals surface area contributed by atoms with Gasteiger partial charge in [0.15, 0.2) is 0 Å². The Hall–Kier alpha value is -2.35. The summed E-state index contributed by atoms with van der Waals surface area (Å²) in [5.41, 5.74) is 1.44. The minimum Gasteiger partial charge on any atom is -0.481 e. The van der Waals surface area contributed by atoms with E-state index in [0.29, 0.717) is 31.4 Å². The van der Waals surface area contributed by atoms with Crippen LogP contribution in [0.5, 0.6) is 0 Å². The number of hydrogen-bond donors (Lipinski definition) is 2. The van der Waals surface area contributed by atoms with Crippen molar-refractivity contribution in [3.05, 3.63) is 35.4 Å². The molecule has 0 aliphatic heterocycles. The first-order chi connectivity index (χ1) is 9.11. The molecular weight excluding hydrogens is 244 g/mol. The van der Waals surface area contributed by atoms with Crippen molar-refractivity contribution in [2.24, 2.45) is 0 Å². The number of rotatable bonds is 7. The van der Waals surface area contributed by atoms with Crippen LogP contribution in [0.4, 0.5) is 0 Å². The molecule has 0 atom stereocenters. The normalized spacial score (nSPS) is 9.63. The predicted octanol–water partition coefficient (Wildman–Crippen LogP) is 1.82. The van der Waals surface area contributed by atoms with E-state index in [1.165, 1.54) is 0 Å². The number of carboxylic acid groups (broad SMARTS) is 1. The number of carboxylic acids is 1. The summed E-state index contributed by atoms with van der Waals surface area (Å²) in [5.74, 6) is -0.943. The molecule has 0 aromatic heterocycles. The fourth-order valence-corrected chi connectivity index (χ4v) is 1.60. The summed E-state index contributed by atoms with van der Waals surface area (Å²) in [6.45, 7) is 0.382. The van der Waals surface area contributed by atoms with Crippen LogP contribution in [-0.2, 0) is 16.1 Å². The van der Waals surface area contributed by atoms with Gasteiger partial charge in [-0.25, -0.2) is 0 Å². The highest BCUT2D eigenvalue weighted by Crippen LogP contribution is 2.04. The molecule has 5 nitrogen and oxygen atoms in total. The van der Waals surface area contributed by atoms with Gasteiger partial charge in [-0.3, -0.25) is 9.59 Å². The van der Waals surface area contributed by atoms with Crippen molar-refractivity contribution >= 4 is 11.9 Å². The number of nitrogens with one attached hydrogen (secondary N) is 1. The molecule has 1 aromatic carbocycles. The van der Waals surface area contributed by atoms with Crippen LogP contribution in [0.15, 0.2) is 24.3 Å². The van der Waals surface area contributed by atoms with Gasteiger partial charge in [0.2, 0.25) is 5.91 Å². The van der Waals surface area contributed by atoms with Crippen LogP contribution in [0.25, 0.3) is 0 Å². The Morgan fingerprint density at radius 1 is 1.26 bits per heavy atom. The van der Waals surface area contributed by atoms with Crippen LogP contribution in [0.1, 0.15) is 36.8 Å². The molecule has 0 fully saturated rings. The van der Waals surface area contributed by atoms with E-state index >= 15 is 0 Å². The molecule has 0 heterocycles. The fraction of sp³-hybridized carbons (Fsp3) is 0.357. The standard InChI is InChI=1S/C14H16N2O3/c15-9-11-4-3-5-12(8-11)10-16-13(17)6-1-2-7-14(18)19/h3-5,8H,1-2,6-7,10H2,(H,16,17)(H,18,19). The van der Waals surface area contributed by atoms with Gasteiger partial charge in [-0.1, -0.05) is 12.1 Å². The minimum absolute atomic E-state index is 0.0947. The van der Waals surface area contributed by atoms with E-state index in [1.54, 1.807) is 18.2 Å². The highest BCUT2D eigenvalue weighted by molar-refractivity contribution is 5.75. The van der Waals surface area contributed by atoms with Crippen molar-refractivity contribution in [1.29, 1.82) is 5.26 Å². The van der Waals surface area contributed by atoms with Crippen LogP contribution in [0.3, 0.4) is 0 Å². The number of amides is 1. The summed E-state index contributed by atoms with van der Waals surface area (Å²) in [6, 6.07) is 9.08. The molecule has 0 spiro atoms. The Balaban J connectivity index is 2.26. The molecule has 1 rings (SSSR count). The SMILES string of the molecule is N#Cc1cccc(CNC(=O)CCCCC(=O)O)c1. The number of nitriles is 1. The molecule has 0 aliphatic carbocycles. The average Bonchev–Trinajstić information content (AvgIpc) is 2.41. The molecular formula is C14H16N2O3. The Morgan fingerprint density at radius 2 is 2.00 bits per heavy atom. The molecule has 2 N–H and O–H groups in total. The van der Waals surface area contributed by atoms with Gasteiger partial charge < -0.3 is 10.4 Å². The summed E-state index contributed by atoms with van der Waals surface area (Å²) < 4.78 is 0. The van der Waals surface area contributed by atoms with Crippen molar-refractivity contribution in [1.82, 2.24) is 5.32 Å². The topological polar surface area (TPSA) is 90.2 Å². The Bertz CT molecular complexity index is 492. The largest absolute Gasteiger partial charge is 0.481 e. The second kappa shape index (κ2) is 7.88. The van der Waals surface area contributed by atoms with Gasteiger partial charge in [0, 0.05) is 19.4 Å². The lowest BCUT2D eigenvalue weighted by molar-refractivity contribution is -0.137. The molecule has 0 saturated carbocycles. The smallest absolute Gasteiger partial charge is 0.303 e. The van der Waals surface area contributed by atoms with E-state index in [4.69, 9.17) is 10.4 Å². The summed E-state index contributed by atoms with van der Waals surface area (Å²) in [7, 11) is 0. The average molecular weight is 260 g/mol. The number of nitrogens with zero attached hydrogens (tertiary/aromatic N) is 1. The van der Waals surface area contributed by atoms with Gasteiger partial charge in [0.05, 0.1) is 11.6 Å². The maximum absolute atomic E-state index is 11.5. The lowest BCUT2D eigenvalue weighted by Crippen LogP contribution is -2.22. The molecule has 0 aliphatic rings. The zero-order chi connectivity index (χ0) is 14.1. The van der Waals surface area contributed by atoms with Gasteiger partial charge in [-0.2, -0.15) is 5.26 Å². The molecule has 0 bridgehead atoms. The molecule has 1 aromatic rings. The molecule has 100 valence electrons. The van der Waals surface area contributed by atoms with Crippen LogP contribution in [-0.4, -0.2) is 17.0 Å². The summed E-state index contributed by atoms with van der Waals surface area (Å²) in [4.78, 5) is 21.8. The van der Waals surface area contributed by atoms with E-state index in [0.717, 1.165) is 5.56 Å².